The van der Waals surface area contributed by atoms with Gasteiger partial charge in [0.1, 0.15) is 23.9 Å². The molecule has 4 rings (SSSR count). The minimum absolute atomic E-state index is 0.122. The number of benzene rings is 2. The Morgan fingerprint density at radius 1 is 1.06 bits per heavy atom. The van der Waals surface area contributed by atoms with Crippen molar-refractivity contribution in [3.8, 4) is 17.2 Å². The van der Waals surface area contributed by atoms with E-state index in [2.05, 4.69) is 5.32 Å². The van der Waals surface area contributed by atoms with Gasteiger partial charge in [0.2, 0.25) is 15.9 Å². The van der Waals surface area contributed by atoms with Gasteiger partial charge in [-0.3, -0.25) is 4.79 Å². The zero-order valence-corrected chi connectivity index (χ0v) is 20.0. The van der Waals surface area contributed by atoms with Crippen LogP contribution >= 0.6 is 0 Å². The molecule has 2 heterocycles. The summed E-state index contributed by atoms with van der Waals surface area (Å²) >= 11 is 0. The van der Waals surface area contributed by atoms with E-state index < -0.39 is 10.0 Å². The molecule has 2 aromatic carbocycles. The van der Waals surface area contributed by atoms with E-state index in [0.29, 0.717) is 49.0 Å². The van der Waals surface area contributed by atoms with Crippen molar-refractivity contribution in [3.63, 3.8) is 0 Å². The smallest absolute Gasteiger partial charge is 0.246 e. The summed E-state index contributed by atoms with van der Waals surface area (Å²) in [4.78, 5) is 13.0. The zero-order valence-electron chi connectivity index (χ0n) is 19.2. The predicted octanol–water partition coefficient (Wildman–Crippen LogP) is 3.63. The second kappa shape index (κ2) is 9.61. The summed E-state index contributed by atoms with van der Waals surface area (Å²) in [6.45, 7) is 5.57. The number of sulfonamides is 1. The number of nitrogens with one attached hydrogen (secondary N) is 1. The number of piperidine rings is 1. The highest BCUT2D eigenvalue weighted by molar-refractivity contribution is 7.89. The van der Waals surface area contributed by atoms with E-state index in [4.69, 9.17) is 14.2 Å². The van der Waals surface area contributed by atoms with E-state index in [9.17, 15) is 13.2 Å². The third-order valence-electron chi connectivity index (χ3n) is 6.11. The molecule has 0 spiro atoms. The van der Waals surface area contributed by atoms with Crippen LogP contribution in [0.15, 0.2) is 41.3 Å². The van der Waals surface area contributed by atoms with Gasteiger partial charge in [0.05, 0.1) is 7.11 Å². The van der Waals surface area contributed by atoms with Crippen molar-refractivity contribution >= 4 is 21.6 Å². The Bertz CT molecular complexity index is 1120. The monoisotopic (exact) mass is 474 g/mol. The SMILES string of the molecule is COc1ccc(C(C)C)cc1S(=O)(=O)N1CCC(C(=O)Nc2ccc3c(c2)OCCO3)CC1. The standard InChI is InChI=1S/C24H30N2O6S/c1-16(2)18-4-6-21(30-3)23(14-18)33(28,29)26-10-8-17(9-11-26)24(27)25-19-5-7-20-22(15-19)32-13-12-31-20/h4-7,14-17H,8-13H2,1-3H3,(H,25,27). The Kier molecular flexibility index (Phi) is 6.81. The molecular weight excluding hydrogens is 444 g/mol. The number of methoxy groups -OCH3 is 1. The molecule has 0 unspecified atom stereocenters. The van der Waals surface area contributed by atoms with Crippen LogP contribution in [0.3, 0.4) is 0 Å². The molecule has 0 saturated carbocycles. The maximum atomic E-state index is 13.4. The average molecular weight is 475 g/mol. The van der Waals surface area contributed by atoms with Gasteiger partial charge in [-0.05, 0) is 48.6 Å². The number of nitrogens with zero attached hydrogens (tertiary/aromatic N) is 1. The molecule has 9 heteroatoms. The Hall–Kier alpha value is -2.78. The number of carbonyl (C=O) groups excluding carboxylic acids is 1. The van der Waals surface area contributed by atoms with Crippen molar-refractivity contribution in [2.45, 2.75) is 37.5 Å². The maximum Gasteiger partial charge on any atom is 0.246 e. The van der Waals surface area contributed by atoms with Crippen molar-refractivity contribution in [1.82, 2.24) is 4.31 Å². The number of amides is 1. The molecule has 1 fully saturated rings. The molecule has 0 aromatic heterocycles. The lowest BCUT2D eigenvalue weighted by atomic mass is 9.97. The summed E-state index contributed by atoms with van der Waals surface area (Å²) in [5.41, 5.74) is 1.57. The van der Waals surface area contributed by atoms with E-state index in [1.807, 2.05) is 19.9 Å². The summed E-state index contributed by atoms with van der Waals surface area (Å²) in [5, 5.41) is 2.92. The summed E-state index contributed by atoms with van der Waals surface area (Å²) < 4.78 is 44.6. The van der Waals surface area contributed by atoms with Gasteiger partial charge in [-0.15, -0.1) is 0 Å². The van der Waals surface area contributed by atoms with Crippen molar-refractivity contribution in [1.29, 1.82) is 0 Å². The minimum Gasteiger partial charge on any atom is -0.495 e. The molecule has 0 bridgehead atoms. The van der Waals surface area contributed by atoms with E-state index in [0.717, 1.165) is 5.56 Å². The van der Waals surface area contributed by atoms with Crippen LogP contribution in [-0.4, -0.2) is 52.0 Å². The lowest BCUT2D eigenvalue weighted by Crippen LogP contribution is -2.41. The second-order valence-electron chi connectivity index (χ2n) is 8.59. The second-order valence-corrected chi connectivity index (χ2v) is 10.5. The lowest BCUT2D eigenvalue weighted by molar-refractivity contribution is -0.120. The van der Waals surface area contributed by atoms with E-state index in [1.54, 1.807) is 30.3 Å². The molecule has 1 saturated heterocycles. The molecule has 2 aliphatic heterocycles. The molecule has 1 amide bonds. The van der Waals surface area contributed by atoms with Gasteiger partial charge in [0, 0.05) is 30.8 Å². The van der Waals surface area contributed by atoms with E-state index >= 15 is 0 Å². The third-order valence-corrected chi connectivity index (χ3v) is 8.03. The molecule has 2 aromatic rings. The van der Waals surface area contributed by atoms with Crippen LogP contribution in [0, 0.1) is 5.92 Å². The highest BCUT2D eigenvalue weighted by Crippen LogP contribution is 2.34. The summed E-state index contributed by atoms with van der Waals surface area (Å²) in [7, 11) is -2.26. The molecule has 2 aliphatic rings. The van der Waals surface area contributed by atoms with Crippen LogP contribution in [0.1, 0.15) is 38.2 Å². The highest BCUT2D eigenvalue weighted by atomic mass is 32.2. The summed E-state index contributed by atoms with van der Waals surface area (Å²) in [6.07, 6.45) is 0.892. The first-order valence-corrected chi connectivity index (χ1v) is 12.6. The number of carbonyl (C=O) groups is 1. The molecule has 178 valence electrons. The van der Waals surface area contributed by atoms with Crippen molar-refractivity contribution in [2.75, 3.05) is 38.7 Å². The number of hydrogen-bond donors (Lipinski definition) is 1. The largest absolute Gasteiger partial charge is 0.495 e. The number of hydrogen-bond acceptors (Lipinski definition) is 6. The van der Waals surface area contributed by atoms with Gasteiger partial charge in [0.15, 0.2) is 11.5 Å². The van der Waals surface area contributed by atoms with Gasteiger partial charge in [-0.1, -0.05) is 19.9 Å². The van der Waals surface area contributed by atoms with Crippen LogP contribution in [0.2, 0.25) is 0 Å². The van der Waals surface area contributed by atoms with Crippen LogP contribution in [0.4, 0.5) is 5.69 Å². The Balaban J connectivity index is 1.42. The molecule has 1 N–H and O–H groups in total. The number of rotatable bonds is 6. The number of fused-ring (bicyclic) bond motifs is 1. The van der Waals surface area contributed by atoms with Gasteiger partial charge in [0.25, 0.3) is 0 Å². The van der Waals surface area contributed by atoms with Crippen LogP contribution < -0.4 is 19.5 Å². The molecule has 0 atom stereocenters. The van der Waals surface area contributed by atoms with Gasteiger partial charge >= 0.3 is 0 Å². The Labute approximate surface area is 194 Å². The minimum atomic E-state index is -3.73. The first-order chi connectivity index (χ1) is 15.8. The Morgan fingerprint density at radius 2 is 1.76 bits per heavy atom. The lowest BCUT2D eigenvalue weighted by Gasteiger charge is -2.31. The van der Waals surface area contributed by atoms with Crippen LogP contribution in [0.5, 0.6) is 17.2 Å². The number of ether oxygens (including phenoxy) is 3. The predicted molar refractivity (Wildman–Crippen MR) is 125 cm³/mol. The van der Waals surface area contributed by atoms with Crippen LogP contribution in [-0.2, 0) is 14.8 Å². The first-order valence-electron chi connectivity index (χ1n) is 11.2. The molecule has 0 aliphatic carbocycles. The van der Waals surface area contributed by atoms with Crippen molar-refractivity contribution < 1.29 is 27.4 Å². The van der Waals surface area contributed by atoms with Crippen LogP contribution in [0.25, 0.3) is 0 Å². The summed E-state index contributed by atoms with van der Waals surface area (Å²) in [6, 6.07) is 10.6. The topological polar surface area (TPSA) is 94.2 Å². The van der Waals surface area contributed by atoms with Gasteiger partial charge < -0.3 is 19.5 Å². The van der Waals surface area contributed by atoms with Gasteiger partial charge in [-0.25, -0.2) is 8.42 Å². The average Bonchev–Trinajstić information content (AvgIpc) is 2.83. The van der Waals surface area contributed by atoms with E-state index in [1.165, 1.54) is 11.4 Å². The zero-order chi connectivity index (χ0) is 23.6. The first kappa shape index (κ1) is 23.4. The van der Waals surface area contributed by atoms with Crippen molar-refractivity contribution in [2.24, 2.45) is 5.92 Å². The third kappa shape index (κ3) is 4.94. The van der Waals surface area contributed by atoms with Gasteiger partial charge in [-0.2, -0.15) is 4.31 Å². The summed E-state index contributed by atoms with van der Waals surface area (Å²) in [5.74, 6) is 1.40. The molecule has 8 nitrogen and oxygen atoms in total. The normalized spacial score (nSPS) is 17.1. The fourth-order valence-corrected chi connectivity index (χ4v) is 5.78. The highest BCUT2D eigenvalue weighted by Gasteiger charge is 2.34. The van der Waals surface area contributed by atoms with E-state index in [-0.39, 0.29) is 35.7 Å². The van der Waals surface area contributed by atoms with Crippen molar-refractivity contribution in [3.05, 3.63) is 42.0 Å². The molecule has 0 radical (unpaired) electrons. The Morgan fingerprint density at radius 3 is 2.42 bits per heavy atom. The quantitative estimate of drug-likeness (QED) is 0.687. The molecule has 33 heavy (non-hydrogen) atoms. The fraction of sp³-hybridized carbons (Fsp3) is 0.458. The fourth-order valence-electron chi connectivity index (χ4n) is 4.12. The maximum absolute atomic E-state index is 13.4. The molecular formula is C24H30N2O6S. The number of anilines is 1.